The molecule has 0 aliphatic heterocycles. The summed E-state index contributed by atoms with van der Waals surface area (Å²) in [5.41, 5.74) is 7.33. The number of hydrazine groups is 1. The minimum atomic E-state index is -0.475. The second-order valence-electron chi connectivity index (χ2n) is 7.50. The molecule has 0 radical (unpaired) electrons. The van der Waals surface area contributed by atoms with E-state index < -0.39 is 11.8 Å². The number of fused-ring (bicyclic) bond motifs is 1. The maximum Gasteiger partial charge on any atom is 0.269 e. The third-order valence-electron chi connectivity index (χ3n) is 4.94. The van der Waals surface area contributed by atoms with Crippen molar-refractivity contribution in [2.24, 2.45) is 0 Å². The predicted octanol–water partition coefficient (Wildman–Crippen LogP) is 5.06. The Morgan fingerprint density at radius 2 is 1.57 bits per heavy atom. The van der Waals surface area contributed by atoms with E-state index in [0.29, 0.717) is 26.7 Å². The van der Waals surface area contributed by atoms with Crippen LogP contribution in [0, 0.1) is 6.92 Å². The average Bonchev–Trinajstić information content (AvgIpc) is 3.19. The van der Waals surface area contributed by atoms with Crippen LogP contribution in [0.1, 0.15) is 36.0 Å². The zero-order valence-corrected chi connectivity index (χ0v) is 20.7. The molecule has 4 N–H and O–H groups in total. The zero-order chi connectivity index (χ0) is 24.9. The van der Waals surface area contributed by atoms with Gasteiger partial charge in [-0.1, -0.05) is 47.5 Å². The molecule has 1 heterocycles. The number of carbonyl (C=O) groups excluding carboxylic acids is 3. The lowest BCUT2D eigenvalue weighted by Crippen LogP contribution is -2.48. The molecule has 0 unspecified atom stereocenters. The molecule has 0 fully saturated rings. The second-order valence-corrected chi connectivity index (χ2v) is 9.34. The predicted molar refractivity (Wildman–Crippen MR) is 143 cm³/mol. The Morgan fingerprint density at radius 1 is 0.829 bits per heavy atom. The number of halogens is 1. The molecule has 3 aromatic carbocycles. The topological polar surface area (TPSA) is 99.3 Å². The third kappa shape index (κ3) is 5.83. The molecule has 4 rings (SSSR count). The van der Waals surface area contributed by atoms with Gasteiger partial charge in [-0.25, -0.2) is 0 Å². The number of thiophene rings is 1. The number of carbonyl (C=O) groups is 3. The Bertz CT molecular complexity index is 1450. The van der Waals surface area contributed by atoms with Gasteiger partial charge in [-0.3, -0.25) is 30.6 Å². The van der Waals surface area contributed by atoms with Crippen LogP contribution in [0.3, 0.4) is 0 Å². The summed E-state index contributed by atoms with van der Waals surface area (Å²) in [5, 5.41) is 6.34. The molecule has 7 nitrogen and oxygen atoms in total. The number of anilines is 1. The summed E-state index contributed by atoms with van der Waals surface area (Å²) >= 11 is 12.7. The van der Waals surface area contributed by atoms with E-state index in [1.165, 1.54) is 11.3 Å². The molecule has 1 aromatic heterocycles. The van der Waals surface area contributed by atoms with Crippen LogP contribution in [-0.4, -0.2) is 22.8 Å². The maximum absolute atomic E-state index is 12.5. The first-order valence-corrected chi connectivity index (χ1v) is 12.0. The number of benzene rings is 3. The molecular weight excluding hydrogens is 504 g/mol. The van der Waals surface area contributed by atoms with E-state index in [4.69, 9.17) is 23.8 Å². The summed E-state index contributed by atoms with van der Waals surface area (Å²) in [5.74, 6) is -1.19. The standard InChI is InChI=1S/C25H19ClN4O3S2/c1-14-5-4-6-16(13-14)22(31)27-17-11-9-15(10-12-17)23(32)29-30-25(34)28-24(33)21-20(26)18-7-2-3-8-19(18)35-21/h2-13H,1H3,(H,27,31)(H,29,32)(H2,28,30,33,34). The van der Waals surface area contributed by atoms with Crippen LogP contribution < -0.4 is 21.5 Å². The highest BCUT2D eigenvalue weighted by molar-refractivity contribution is 7.80. The molecular formula is C25H19ClN4O3S2. The van der Waals surface area contributed by atoms with Gasteiger partial charge < -0.3 is 5.32 Å². The van der Waals surface area contributed by atoms with Gasteiger partial charge in [-0.05, 0) is 61.6 Å². The molecule has 0 aliphatic rings. The van der Waals surface area contributed by atoms with Gasteiger partial charge in [0, 0.05) is 26.9 Å². The van der Waals surface area contributed by atoms with Gasteiger partial charge in [0.25, 0.3) is 17.7 Å². The van der Waals surface area contributed by atoms with Gasteiger partial charge in [0.1, 0.15) is 4.88 Å². The largest absolute Gasteiger partial charge is 0.322 e. The quantitative estimate of drug-likeness (QED) is 0.222. The molecule has 176 valence electrons. The normalized spacial score (nSPS) is 10.5. The Morgan fingerprint density at radius 3 is 2.29 bits per heavy atom. The maximum atomic E-state index is 12.5. The van der Waals surface area contributed by atoms with E-state index in [9.17, 15) is 14.4 Å². The number of thiocarbonyl (C=S) groups is 1. The highest BCUT2D eigenvalue weighted by atomic mass is 35.5. The third-order valence-corrected chi connectivity index (χ3v) is 6.82. The molecule has 4 aromatic rings. The van der Waals surface area contributed by atoms with Crippen LogP contribution in [0.15, 0.2) is 72.8 Å². The van der Waals surface area contributed by atoms with E-state index in [1.807, 2.05) is 43.3 Å². The smallest absolute Gasteiger partial charge is 0.269 e. The summed E-state index contributed by atoms with van der Waals surface area (Å²) < 4.78 is 0.883. The van der Waals surface area contributed by atoms with Crippen molar-refractivity contribution in [1.29, 1.82) is 0 Å². The Hall–Kier alpha value is -3.79. The van der Waals surface area contributed by atoms with Crippen LogP contribution >= 0.6 is 35.2 Å². The van der Waals surface area contributed by atoms with Gasteiger partial charge in [0.05, 0.1) is 5.02 Å². The van der Waals surface area contributed by atoms with Crippen LogP contribution in [0.2, 0.25) is 5.02 Å². The Labute approximate surface area is 215 Å². The number of nitrogens with one attached hydrogen (secondary N) is 4. The molecule has 0 spiro atoms. The van der Waals surface area contributed by atoms with Crippen molar-refractivity contribution >= 4 is 73.8 Å². The fraction of sp³-hybridized carbons (Fsp3) is 0.0400. The molecule has 0 saturated carbocycles. The first-order chi connectivity index (χ1) is 16.8. The number of amides is 3. The minimum Gasteiger partial charge on any atom is -0.322 e. The molecule has 10 heteroatoms. The molecule has 0 aliphatic carbocycles. The number of rotatable bonds is 4. The lowest BCUT2D eigenvalue weighted by molar-refractivity contribution is 0.0935. The van der Waals surface area contributed by atoms with E-state index in [-0.39, 0.29) is 11.0 Å². The van der Waals surface area contributed by atoms with E-state index in [2.05, 4.69) is 21.5 Å². The lowest BCUT2D eigenvalue weighted by atomic mass is 10.1. The van der Waals surface area contributed by atoms with Crippen LogP contribution in [0.5, 0.6) is 0 Å². The van der Waals surface area contributed by atoms with Crippen molar-refractivity contribution in [3.8, 4) is 0 Å². The van der Waals surface area contributed by atoms with E-state index in [0.717, 1.165) is 15.6 Å². The summed E-state index contributed by atoms with van der Waals surface area (Å²) in [6.07, 6.45) is 0. The van der Waals surface area contributed by atoms with Gasteiger partial charge in [0.2, 0.25) is 0 Å². The van der Waals surface area contributed by atoms with E-state index >= 15 is 0 Å². The zero-order valence-electron chi connectivity index (χ0n) is 18.3. The Kier molecular flexibility index (Phi) is 7.40. The van der Waals surface area contributed by atoms with Crippen molar-refractivity contribution in [2.45, 2.75) is 6.92 Å². The fourth-order valence-corrected chi connectivity index (χ4v) is 4.79. The first-order valence-electron chi connectivity index (χ1n) is 10.4. The molecule has 0 saturated heterocycles. The van der Waals surface area contributed by atoms with Crippen LogP contribution in [0.25, 0.3) is 10.1 Å². The summed E-state index contributed by atoms with van der Waals surface area (Å²) in [6, 6.07) is 21.0. The van der Waals surface area contributed by atoms with Gasteiger partial charge in [-0.2, -0.15) is 0 Å². The monoisotopic (exact) mass is 522 g/mol. The minimum absolute atomic E-state index is 0.0843. The van der Waals surface area contributed by atoms with Crippen molar-refractivity contribution in [3.63, 3.8) is 0 Å². The SMILES string of the molecule is Cc1cccc(C(=O)Nc2ccc(C(=O)NNC(=S)NC(=O)c3sc4ccccc4c3Cl)cc2)c1. The molecule has 0 bridgehead atoms. The van der Waals surface area contributed by atoms with Crippen molar-refractivity contribution in [1.82, 2.24) is 16.2 Å². The highest BCUT2D eigenvalue weighted by Gasteiger charge is 2.18. The van der Waals surface area contributed by atoms with Crippen molar-refractivity contribution < 1.29 is 14.4 Å². The van der Waals surface area contributed by atoms with Gasteiger partial charge in [-0.15, -0.1) is 11.3 Å². The average molecular weight is 523 g/mol. The van der Waals surface area contributed by atoms with Gasteiger partial charge >= 0.3 is 0 Å². The summed E-state index contributed by atoms with van der Waals surface area (Å²) in [7, 11) is 0. The van der Waals surface area contributed by atoms with Crippen molar-refractivity contribution in [3.05, 3.63) is 99.4 Å². The molecule has 0 atom stereocenters. The van der Waals surface area contributed by atoms with Crippen LogP contribution in [-0.2, 0) is 0 Å². The highest BCUT2D eigenvalue weighted by Crippen LogP contribution is 2.34. The number of hydrogen-bond acceptors (Lipinski definition) is 5. The number of hydrogen-bond donors (Lipinski definition) is 4. The summed E-state index contributed by atoms with van der Waals surface area (Å²) in [6.45, 7) is 1.91. The lowest BCUT2D eigenvalue weighted by Gasteiger charge is -2.11. The molecule has 3 amide bonds. The van der Waals surface area contributed by atoms with Crippen LogP contribution in [0.4, 0.5) is 5.69 Å². The second kappa shape index (κ2) is 10.6. The first kappa shape index (κ1) is 24.3. The fourth-order valence-electron chi connectivity index (χ4n) is 3.23. The Balaban J connectivity index is 1.30. The molecule has 35 heavy (non-hydrogen) atoms. The van der Waals surface area contributed by atoms with E-state index in [1.54, 1.807) is 36.4 Å². The van der Waals surface area contributed by atoms with Gasteiger partial charge in [0.15, 0.2) is 5.11 Å². The number of aryl methyl sites for hydroxylation is 1. The summed E-state index contributed by atoms with van der Waals surface area (Å²) in [4.78, 5) is 37.7. The van der Waals surface area contributed by atoms with Crippen molar-refractivity contribution in [2.75, 3.05) is 5.32 Å².